The Kier molecular flexibility index (Phi) is 5.40. The second-order valence-electron chi connectivity index (χ2n) is 7.06. The average molecular weight is 392 g/mol. The highest BCUT2D eigenvalue weighted by Gasteiger charge is 2.09. The molecule has 146 valence electrons. The lowest BCUT2D eigenvalue weighted by atomic mass is 10.1. The maximum Gasteiger partial charge on any atom is 0.271 e. The fraction of sp³-hybridized carbons (Fsp3) is 0.0800. The molecule has 0 aliphatic rings. The van der Waals surface area contributed by atoms with Crippen molar-refractivity contribution in [2.45, 2.75) is 13.5 Å². The molecule has 1 heterocycles. The maximum atomic E-state index is 12.4. The summed E-state index contributed by atoms with van der Waals surface area (Å²) in [5, 5.41) is 14.4. The van der Waals surface area contributed by atoms with Crippen molar-refractivity contribution >= 4 is 23.0 Å². The van der Waals surface area contributed by atoms with Crippen LogP contribution in [0.5, 0.6) is 0 Å². The highest BCUT2D eigenvalue weighted by atomic mass is 16.2. The van der Waals surface area contributed by atoms with Gasteiger partial charge in [0.15, 0.2) is 0 Å². The highest BCUT2D eigenvalue weighted by molar-refractivity contribution is 6.00. The smallest absolute Gasteiger partial charge is 0.271 e. The minimum Gasteiger partial charge on any atom is -0.342 e. The van der Waals surface area contributed by atoms with Gasteiger partial charge in [-0.2, -0.15) is 10.4 Å². The van der Waals surface area contributed by atoms with Gasteiger partial charge in [0, 0.05) is 34.8 Å². The number of nitriles is 1. The number of carbonyl (C=O) groups excluding carboxylic acids is 1. The van der Waals surface area contributed by atoms with Crippen LogP contribution in [0.25, 0.3) is 10.9 Å². The van der Waals surface area contributed by atoms with Crippen LogP contribution in [0.1, 0.15) is 32.6 Å². The summed E-state index contributed by atoms with van der Waals surface area (Å²) < 4.78 is 2.12. The quantitative estimate of drug-likeness (QED) is 0.397. The van der Waals surface area contributed by atoms with Crippen molar-refractivity contribution in [3.05, 3.63) is 107 Å². The Morgan fingerprint density at radius 1 is 1.10 bits per heavy atom. The molecular formula is C25H20N4O. The molecule has 5 heteroatoms. The second-order valence-corrected chi connectivity index (χ2v) is 7.06. The summed E-state index contributed by atoms with van der Waals surface area (Å²) >= 11 is 0. The molecule has 4 aromatic rings. The first-order valence-electron chi connectivity index (χ1n) is 9.61. The molecule has 0 fully saturated rings. The first-order valence-corrected chi connectivity index (χ1v) is 9.61. The lowest BCUT2D eigenvalue weighted by molar-refractivity contribution is 0.0954. The van der Waals surface area contributed by atoms with Gasteiger partial charge in [-0.05, 0) is 42.3 Å². The van der Waals surface area contributed by atoms with E-state index in [0.29, 0.717) is 17.7 Å². The molecule has 0 aliphatic heterocycles. The number of hydrogen-bond donors (Lipinski definition) is 1. The number of amides is 1. The fourth-order valence-electron chi connectivity index (χ4n) is 3.49. The number of rotatable bonds is 5. The Bertz CT molecular complexity index is 1290. The zero-order chi connectivity index (χ0) is 20.9. The summed E-state index contributed by atoms with van der Waals surface area (Å²) in [4.78, 5) is 12.4. The number of nitrogens with zero attached hydrogens (tertiary/aromatic N) is 3. The summed E-state index contributed by atoms with van der Waals surface area (Å²) in [5.74, 6) is -0.235. The van der Waals surface area contributed by atoms with Gasteiger partial charge < -0.3 is 4.57 Å². The SMILES string of the molecule is Cc1ccccc1C(=O)N/N=C\c1cn(Cc2cccc(C#N)c2)c2ccccc12. The third-order valence-electron chi connectivity index (χ3n) is 4.99. The minimum absolute atomic E-state index is 0.235. The van der Waals surface area contributed by atoms with Gasteiger partial charge in [-0.3, -0.25) is 4.79 Å². The van der Waals surface area contributed by atoms with Gasteiger partial charge in [0.1, 0.15) is 0 Å². The largest absolute Gasteiger partial charge is 0.342 e. The lowest BCUT2D eigenvalue weighted by Crippen LogP contribution is -2.18. The lowest BCUT2D eigenvalue weighted by Gasteiger charge is -2.05. The molecule has 0 bridgehead atoms. The first kappa shape index (κ1) is 19.2. The van der Waals surface area contributed by atoms with Crippen molar-refractivity contribution < 1.29 is 4.79 Å². The van der Waals surface area contributed by atoms with Crippen molar-refractivity contribution in [3.8, 4) is 6.07 Å². The van der Waals surface area contributed by atoms with Crippen LogP contribution in [0.4, 0.5) is 0 Å². The molecule has 0 saturated carbocycles. The van der Waals surface area contributed by atoms with E-state index in [9.17, 15) is 4.79 Å². The number of aryl methyl sites for hydroxylation is 1. The molecular weight excluding hydrogens is 372 g/mol. The minimum atomic E-state index is -0.235. The van der Waals surface area contributed by atoms with E-state index in [0.717, 1.165) is 27.6 Å². The zero-order valence-electron chi connectivity index (χ0n) is 16.5. The van der Waals surface area contributed by atoms with Crippen molar-refractivity contribution in [1.29, 1.82) is 5.26 Å². The Hall–Kier alpha value is -4.17. The molecule has 3 aromatic carbocycles. The third-order valence-corrected chi connectivity index (χ3v) is 4.99. The van der Waals surface area contributed by atoms with Crippen LogP contribution in [0, 0.1) is 18.3 Å². The number of benzene rings is 3. The van der Waals surface area contributed by atoms with Crippen LogP contribution in [0.3, 0.4) is 0 Å². The van der Waals surface area contributed by atoms with Crippen molar-refractivity contribution in [3.63, 3.8) is 0 Å². The summed E-state index contributed by atoms with van der Waals surface area (Å²) in [7, 11) is 0. The molecule has 0 atom stereocenters. The van der Waals surface area contributed by atoms with Gasteiger partial charge in [0.05, 0.1) is 17.8 Å². The Morgan fingerprint density at radius 2 is 1.90 bits per heavy atom. The van der Waals surface area contributed by atoms with E-state index in [-0.39, 0.29) is 5.91 Å². The number of aromatic nitrogens is 1. The predicted molar refractivity (Wildman–Crippen MR) is 118 cm³/mol. The monoisotopic (exact) mass is 392 g/mol. The molecule has 4 rings (SSSR count). The van der Waals surface area contributed by atoms with Crippen LogP contribution in [0.2, 0.25) is 0 Å². The molecule has 1 N–H and O–H groups in total. The number of hydrazone groups is 1. The van der Waals surface area contributed by atoms with Gasteiger partial charge in [-0.15, -0.1) is 0 Å². The normalized spacial score (nSPS) is 10.9. The van der Waals surface area contributed by atoms with Gasteiger partial charge in [-0.25, -0.2) is 5.43 Å². The van der Waals surface area contributed by atoms with Crippen molar-refractivity contribution in [2.24, 2.45) is 5.10 Å². The van der Waals surface area contributed by atoms with Gasteiger partial charge in [0.2, 0.25) is 0 Å². The van der Waals surface area contributed by atoms with E-state index in [4.69, 9.17) is 5.26 Å². The maximum absolute atomic E-state index is 12.4. The van der Waals surface area contributed by atoms with Crippen LogP contribution in [-0.4, -0.2) is 16.7 Å². The van der Waals surface area contributed by atoms with Crippen LogP contribution in [0.15, 0.2) is 84.1 Å². The molecule has 5 nitrogen and oxygen atoms in total. The van der Waals surface area contributed by atoms with E-state index in [1.807, 2.05) is 73.8 Å². The van der Waals surface area contributed by atoms with Crippen molar-refractivity contribution in [1.82, 2.24) is 9.99 Å². The summed E-state index contributed by atoms with van der Waals surface area (Å²) in [6.45, 7) is 2.53. The fourth-order valence-corrected chi connectivity index (χ4v) is 3.49. The first-order chi connectivity index (χ1) is 14.7. The zero-order valence-corrected chi connectivity index (χ0v) is 16.5. The van der Waals surface area contributed by atoms with Crippen LogP contribution in [-0.2, 0) is 6.54 Å². The Morgan fingerprint density at radius 3 is 2.73 bits per heavy atom. The molecule has 1 amide bonds. The van der Waals surface area contributed by atoms with Crippen LogP contribution >= 0.6 is 0 Å². The summed E-state index contributed by atoms with van der Waals surface area (Å²) in [6.07, 6.45) is 3.67. The van der Waals surface area contributed by atoms with E-state index in [2.05, 4.69) is 21.2 Å². The number of carbonyl (C=O) groups is 1. The Balaban J connectivity index is 1.59. The van der Waals surface area contributed by atoms with E-state index in [1.54, 1.807) is 18.3 Å². The Labute approximate surface area is 174 Å². The predicted octanol–water partition coefficient (Wildman–Crippen LogP) is 4.63. The topological polar surface area (TPSA) is 70.2 Å². The van der Waals surface area contributed by atoms with Gasteiger partial charge in [0.25, 0.3) is 5.91 Å². The van der Waals surface area contributed by atoms with Crippen molar-refractivity contribution in [2.75, 3.05) is 0 Å². The van der Waals surface area contributed by atoms with E-state index >= 15 is 0 Å². The number of nitrogens with one attached hydrogen (secondary N) is 1. The summed E-state index contributed by atoms with van der Waals surface area (Å²) in [5.41, 5.74) is 7.78. The molecule has 0 spiro atoms. The molecule has 0 aliphatic carbocycles. The van der Waals surface area contributed by atoms with E-state index < -0.39 is 0 Å². The highest BCUT2D eigenvalue weighted by Crippen LogP contribution is 2.21. The van der Waals surface area contributed by atoms with Crippen LogP contribution < -0.4 is 5.43 Å². The number of para-hydroxylation sites is 1. The molecule has 0 unspecified atom stereocenters. The van der Waals surface area contributed by atoms with Gasteiger partial charge >= 0.3 is 0 Å². The van der Waals surface area contributed by atoms with E-state index in [1.165, 1.54) is 0 Å². The summed E-state index contributed by atoms with van der Waals surface area (Å²) in [6, 6.07) is 25.2. The molecule has 0 saturated heterocycles. The molecule has 30 heavy (non-hydrogen) atoms. The van der Waals surface area contributed by atoms with Gasteiger partial charge in [-0.1, -0.05) is 48.5 Å². The second kappa shape index (κ2) is 8.46. The molecule has 1 aromatic heterocycles. The number of fused-ring (bicyclic) bond motifs is 1. The average Bonchev–Trinajstić information content (AvgIpc) is 3.11. The third kappa shape index (κ3) is 3.98. The standard InChI is InChI=1S/C25H20N4O/c1-18-7-2-3-10-22(18)25(30)28-27-15-21-17-29(24-12-5-4-11-23(21)24)16-20-9-6-8-19(13-20)14-26/h2-13,15,17H,16H2,1H3,(H,28,30)/b27-15-. The number of hydrogen-bond acceptors (Lipinski definition) is 3. The molecule has 0 radical (unpaired) electrons.